The van der Waals surface area contributed by atoms with Gasteiger partial charge in [-0.25, -0.2) is 4.79 Å². The SMILES string of the molecule is O=C(Nc1ccc(Oc2ccncc2)cc1)Oc1ccc([N+](=O)[O-])cc1. The molecular formula is C18H13N3O5. The molecule has 1 aromatic heterocycles. The highest BCUT2D eigenvalue weighted by atomic mass is 16.6. The molecule has 1 N–H and O–H groups in total. The Kier molecular flexibility index (Phi) is 5.04. The lowest BCUT2D eigenvalue weighted by Crippen LogP contribution is -2.16. The van der Waals surface area contributed by atoms with E-state index >= 15 is 0 Å². The van der Waals surface area contributed by atoms with Gasteiger partial charge in [0.25, 0.3) is 5.69 Å². The van der Waals surface area contributed by atoms with Crippen molar-refractivity contribution in [1.29, 1.82) is 0 Å². The van der Waals surface area contributed by atoms with Crippen molar-refractivity contribution in [3.05, 3.63) is 83.2 Å². The minimum absolute atomic E-state index is 0.0810. The first-order chi connectivity index (χ1) is 12.6. The van der Waals surface area contributed by atoms with Gasteiger partial charge in [-0.3, -0.25) is 20.4 Å². The molecule has 0 fully saturated rings. The Morgan fingerprint density at radius 2 is 1.46 bits per heavy atom. The second kappa shape index (κ2) is 7.75. The number of carbonyl (C=O) groups is 1. The second-order valence-electron chi connectivity index (χ2n) is 5.07. The Bertz CT molecular complexity index is 896. The molecule has 0 saturated carbocycles. The maximum atomic E-state index is 11.9. The largest absolute Gasteiger partial charge is 0.457 e. The number of amides is 1. The van der Waals surface area contributed by atoms with E-state index in [2.05, 4.69) is 10.3 Å². The van der Waals surface area contributed by atoms with Crippen molar-refractivity contribution in [3.63, 3.8) is 0 Å². The van der Waals surface area contributed by atoms with Gasteiger partial charge in [0.15, 0.2) is 0 Å². The molecule has 8 heteroatoms. The highest BCUT2D eigenvalue weighted by molar-refractivity contribution is 5.86. The Balaban J connectivity index is 1.56. The van der Waals surface area contributed by atoms with Crippen LogP contribution in [0.2, 0.25) is 0 Å². The van der Waals surface area contributed by atoms with E-state index in [1.807, 2.05) is 0 Å². The van der Waals surface area contributed by atoms with Gasteiger partial charge in [0.2, 0.25) is 0 Å². The van der Waals surface area contributed by atoms with Crippen LogP contribution in [0.4, 0.5) is 16.2 Å². The zero-order valence-corrected chi connectivity index (χ0v) is 13.4. The smallest absolute Gasteiger partial charge is 0.417 e. The number of nitro groups is 1. The zero-order valence-electron chi connectivity index (χ0n) is 13.4. The third-order valence-electron chi connectivity index (χ3n) is 3.24. The summed E-state index contributed by atoms with van der Waals surface area (Å²) >= 11 is 0. The van der Waals surface area contributed by atoms with Gasteiger partial charge in [0.1, 0.15) is 17.2 Å². The van der Waals surface area contributed by atoms with Crippen molar-refractivity contribution in [3.8, 4) is 17.2 Å². The van der Waals surface area contributed by atoms with Crippen molar-refractivity contribution < 1.29 is 19.2 Å². The third-order valence-corrected chi connectivity index (χ3v) is 3.24. The van der Waals surface area contributed by atoms with Crippen LogP contribution in [0.15, 0.2) is 73.1 Å². The number of rotatable bonds is 5. The van der Waals surface area contributed by atoms with Crippen LogP contribution in [0, 0.1) is 10.1 Å². The van der Waals surface area contributed by atoms with E-state index in [-0.39, 0.29) is 11.4 Å². The number of aromatic nitrogens is 1. The van der Waals surface area contributed by atoms with Crippen LogP contribution in [0.25, 0.3) is 0 Å². The predicted molar refractivity (Wildman–Crippen MR) is 93.5 cm³/mol. The molecule has 3 aromatic rings. The average Bonchev–Trinajstić information content (AvgIpc) is 2.64. The fraction of sp³-hybridized carbons (Fsp3) is 0. The van der Waals surface area contributed by atoms with Crippen LogP contribution in [0.3, 0.4) is 0 Å². The summed E-state index contributed by atoms with van der Waals surface area (Å²) < 4.78 is 10.7. The molecule has 0 bridgehead atoms. The number of non-ortho nitro benzene ring substituents is 1. The maximum absolute atomic E-state index is 11.9. The lowest BCUT2D eigenvalue weighted by atomic mass is 10.3. The van der Waals surface area contributed by atoms with E-state index in [0.29, 0.717) is 17.2 Å². The molecule has 1 heterocycles. The number of carbonyl (C=O) groups excluding carboxylic acids is 1. The van der Waals surface area contributed by atoms with Crippen LogP contribution in [-0.4, -0.2) is 16.0 Å². The molecule has 0 unspecified atom stereocenters. The quantitative estimate of drug-likeness (QED) is 0.540. The van der Waals surface area contributed by atoms with Crippen molar-refractivity contribution in [2.45, 2.75) is 0 Å². The lowest BCUT2D eigenvalue weighted by Gasteiger charge is -2.08. The first-order valence-electron chi connectivity index (χ1n) is 7.51. The number of nitrogens with one attached hydrogen (secondary N) is 1. The fourth-order valence-electron chi connectivity index (χ4n) is 2.03. The highest BCUT2D eigenvalue weighted by Gasteiger charge is 2.08. The van der Waals surface area contributed by atoms with Crippen molar-refractivity contribution in [1.82, 2.24) is 4.98 Å². The minimum Gasteiger partial charge on any atom is -0.457 e. The number of benzene rings is 2. The van der Waals surface area contributed by atoms with Gasteiger partial charge in [-0.05, 0) is 48.5 Å². The lowest BCUT2D eigenvalue weighted by molar-refractivity contribution is -0.384. The molecule has 1 amide bonds. The number of anilines is 1. The summed E-state index contributed by atoms with van der Waals surface area (Å²) in [5.41, 5.74) is 0.432. The molecule has 0 atom stereocenters. The normalized spacial score (nSPS) is 10.0. The molecule has 2 aromatic carbocycles. The van der Waals surface area contributed by atoms with Crippen molar-refractivity contribution >= 4 is 17.5 Å². The zero-order chi connectivity index (χ0) is 18.4. The van der Waals surface area contributed by atoms with E-state index in [0.717, 1.165) is 0 Å². The maximum Gasteiger partial charge on any atom is 0.417 e. The summed E-state index contributed by atoms with van der Waals surface area (Å²) in [5.74, 6) is 1.45. The van der Waals surface area contributed by atoms with E-state index in [1.165, 1.54) is 24.3 Å². The molecule has 0 saturated heterocycles. The van der Waals surface area contributed by atoms with Gasteiger partial charge in [-0.1, -0.05) is 0 Å². The van der Waals surface area contributed by atoms with Gasteiger partial charge in [0.05, 0.1) is 4.92 Å². The molecule has 0 aliphatic carbocycles. The monoisotopic (exact) mass is 351 g/mol. The molecule has 0 aliphatic rings. The Labute approximate surface area is 148 Å². The molecule has 130 valence electrons. The topological polar surface area (TPSA) is 104 Å². The Morgan fingerprint density at radius 1 is 0.885 bits per heavy atom. The molecule has 0 spiro atoms. The van der Waals surface area contributed by atoms with E-state index in [1.54, 1.807) is 48.8 Å². The first kappa shape index (κ1) is 16.9. The second-order valence-corrected chi connectivity index (χ2v) is 5.07. The summed E-state index contributed by atoms with van der Waals surface area (Å²) in [5, 5.41) is 13.1. The van der Waals surface area contributed by atoms with E-state index in [9.17, 15) is 14.9 Å². The Hall–Kier alpha value is -3.94. The molecular weight excluding hydrogens is 338 g/mol. The summed E-state index contributed by atoms with van der Waals surface area (Å²) in [4.78, 5) is 25.8. The number of hydrogen-bond acceptors (Lipinski definition) is 6. The number of nitrogens with zero attached hydrogens (tertiary/aromatic N) is 2. The highest BCUT2D eigenvalue weighted by Crippen LogP contribution is 2.23. The Morgan fingerprint density at radius 3 is 2.08 bits per heavy atom. The standard InChI is InChI=1S/C18H13N3O5/c22-18(26-16-7-3-14(4-8-16)21(23)24)20-13-1-5-15(6-2-13)25-17-9-11-19-12-10-17/h1-12H,(H,20,22). The summed E-state index contributed by atoms with van der Waals surface area (Å²) in [6.07, 6.45) is 2.54. The predicted octanol–water partition coefficient (Wildman–Crippen LogP) is 4.39. The third kappa shape index (κ3) is 4.54. The van der Waals surface area contributed by atoms with Crippen molar-refractivity contribution in [2.75, 3.05) is 5.32 Å². The first-order valence-corrected chi connectivity index (χ1v) is 7.51. The molecule has 0 radical (unpaired) electrons. The molecule has 0 aliphatic heterocycles. The summed E-state index contributed by atoms with van der Waals surface area (Å²) in [6, 6.07) is 15.4. The number of pyridine rings is 1. The molecule has 3 rings (SSSR count). The fourth-order valence-corrected chi connectivity index (χ4v) is 2.03. The summed E-state index contributed by atoms with van der Waals surface area (Å²) in [7, 11) is 0. The van der Waals surface area contributed by atoms with Crippen molar-refractivity contribution in [2.24, 2.45) is 0 Å². The van der Waals surface area contributed by atoms with Gasteiger partial charge in [-0.15, -0.1) is 0 Å². The van der Waals surface area contributed by atoms with E-state index < -0.39 is 11.0 Å². The van der Waals surface area contributed by atoms with E-state index in [4.69, 9.17) is 9.47 Å². The number of ether oxygens (including phenoxy) is 2. The number of hydrogen-bond donors (Lipinski definition) is 1. The minimum atomic E-state index is -0.707. The summed E-state index contributed by atoms with van der Waals surface area (Å²) in [6.45, 7) is 0. The van der Waals surface area contributed by atoms with Gasteiger partial charge < -0.3 is 9.47 Å². The van der Waals surface area contributed by atoms with Crippen LogP contribution in [0.1, 0.15) is 0 Å². The van der Waals surface area contributed by atoms with Gasteiger partial charge in [0, 0.05) is 30.2 Å². The average molecular weight is 351 g/mol. The van der Waals surface area contributed by atoms with Crippen LogP contribution < -0.4 is 14.8 Å². The van der Waals surface area contributed by atoms with Gasteiger partial charge >= 0.3 is 6.09 Å². The number of nitro benzene ring substituents is 1. The van der Waals surface area contributed by atoms with Crippen LogP contribution in [0.5, 0.6) is 17.2 Å². The van der Waals surface area contributed by atoms with Crippen LogP contribution in [-0.2, 0) is 0 Å². The van der Waals surface area contributed by atoms with Crippen LogP contribution >= 0.6 is 0 Å². The molecule has 8 nitrogen and oxygen atoms in total. The van der Waals surface area contributed by atoms with Gasteiger partial charge in [-0.2, -0.15) is 0 Å². The molecule has 26 heavy (non-hydrogen) atoms.